The smallest absolute Gasteiger partial charge is 0.340 e. The molecule has 0 saturated carbocycles. The van der Waals surface area contributed by atoms with Crippen molar-refractivity contribution in [2.24, 2.45) is 0 Å². The van der Waals surface area contributed by atoms with Crippen molar-refractivity contribution in [1.82, 2.24) is 0 Å². The van der Waals surface area contributed by atoms with Crippen molar-refractivity contribution in [3.05, 3.63) is 59.2 Å². The zero-order valence-electron chi connectivity index (χ0n) is 14.7. The van der Waals surface area contributed by atoms with Gasteiger partial charge in [-0.25, -0.2) is 13.2 Å². The predicted octanol–water partition coefficient (Wildman–Crippen LogP) is 2.80. The lowest BCUT2D eigenvalue weighted by molar-refractivity contribution is 0.0527. The Hall–Kier alpha value is -2.87. The molecular formula is C18H20N2O5S. The van der Waals surface area contributed by atoms with Gasteiger partial charge in [-0.05, 0) is 43.7 Å². The quantitative estimate of drug-likeness (QED) is 0.755. The van der Waals surface area contributed by atoms with Crippen molar-refractivity contribution in [3.8, 4) is 0 Å². The third kappa shape index (κ3) is 4.82. The van der Waals surface area contributed by atoms with Crippen molar-refractivity contribution >= 4 is 33.3 Å². The van der Waals surface area contributed by atoms with Gasteiger partial charge in [-0.1, -0.05) is 18.2 Å². The topological polar surface area (TPSA) is 102 Å². The van der Waals surface area contributed by atoms with E-state index in [-0.39, 0.29) is 17.7 Å². The third-order valence-electron chi connectivity index (χ3n) is 3.54. The Labute approximate surface area is 152 Å². The molecule has 0 fully saturated rings. The summed E-state index contributed by atoms with van der Waals surface area (Å²) in [5.74, 6) is -0.996. The molecule has 2 N–H and O–H groups in total. The summed E-state index contributed by atoms with van der Waals surface area (Å²) in [4.78, 5) is 24.7. The zero-order valence-corrected chi connectivity index (χ0v) is 15.5. The van der Waals surface area contributed by atoms with Crippen LogP contribution in [0.25, 0.3) is 0 Å². The van der Waals surface area contributed by atoms with Gasteiger partial charge in [0.1, 0.15) is 0 Å². The second-order valence-electron chi connectivity index (χ2n) is 5.57. The molecule has 7 nitrogen and oxygen atoms in total. The first-order chi connectivity index (χ1) is 12.2. The lowest BCUT2D eigenvalue weighted by Gasteiger charge is -2.14. The Kier molecular flexibility index (Phi) is 5.99. The molecule has 2 aromatic carbocycles. The van der Waals surface area contributed by atoms with Gasteiger partial charge in [0.2, 0.25) is 10.0 Å². The van der Waals surface area contributed by atoms with Gasteiger partial charge in [0, 0.05) is 5.56 Å². The second kappa shape index (κ2) is 8.01. The summed E-state index contributed by atoms with van der Waals surface area (Å²) in [6.07, 6.45) is 1.04. The normalized spacial score (nSPS) is 10.9. The van der Waals surface area contributed by atoms with E-state index in [4.69, 9.17) is 4.74 Å². The van der Waals surface area contributed by atoms with Gasteiger partial charge in [-0.15, -0.1) is 0 Å². The van der Waals surface area contributed by atoms with Crippen molar-refractivity contribution in [2.75, 3.05) is 22.9 Å². The Morgan fingerprint density at radius 1 is 1.00 bits per heavy atom. The van der Waals surface area contributed by atoms with E-state index in [0.29, 0.717) is 16.9 Å². The van der Waals surface area contributed by atoms with Crippen LogP contribution in [-0.2, 0) is 14.8 Å². The van der Waals surface area contributed by atoms with Crippen molar-refractivity contribution in [2.45, 2.75) is 13.8 Å². The van der Waals surface area contributed by atoms with Crippen LogP contribution in [0.15, 0.2) is 42.5 Å². The van der Waals surface area contributed by atoms with E-state index in [1.807, 2.05) is 0 Å². The fraction of sp³-hybridized carbons (Fsp3) is 0.222. The standard InChI is InChI=1S/C18H20N2O5S/c1-4-25-18(22)14-8-5-6-10-16(14)19-17(21)13-9-7-11-15(12(13)2)20-26(3,23)24/h5-11,20H,4H2,1-3H3,(H,19,21). The van der Waals surface area contributed by atoms with E-state index in [9.17, 15) is 18.0 Å². The van der Waals surface area contributed by atoms with Gasteiger partial charge in [0.05, 0.1) is 29.8 Å². The molecule has 0 saturated heterocycles. The maximum Gasteiger partial charge on any atom is 0.340 e. The van der Waals surface area contributed by atoms with Crippen molar-refractivity contribution in [3.63, 3.8) is 0 Å². The van der Waals surface area contributed by atoms with Gasteiger partial charge in [-0.2, -0.15) is 0 Å². The molecule has 26 heavy (non-hydrogen) atoms. The van der Waals surface area contributed by atoms with E-state index in [1.165, 1.54) is 0 Å². The molecule has 8 heteroatoms. The molecule has 0 heterocycles. The number of rotatable bonds is 6. The molecule has 0 aliphatic rings. The Morgan fingerprint density at radius 3 is 2.27 bits per heavy atom. The zero-order chi connectivity index (χ0) is 19.3. The number of amides is 1. The molecule has 0 aliphatic heterocycles. The fourth-order valence-electron chi connectivity index (χ4n) is 2.36. The van der Waals surface area contributed by atoms with Crippen LogP contribution >= 0.6 is 0 Å². The summed E-state index contributed by atoms with van der Waals surface area (Å²) >= 11 is 0. The maximum absolute atomic E-state index is 12.6. The first-order valence-corrected chi connectivity index (χ1v) is 9.77. The molecule has 2 aromatic rings. The van der Waals surface area contributed by atoms with Gasteiger partial charge in [0.25, 0.3) is 5.91 Å². The number of anilines is 2. The summed E-state index contributed by atoms with van der Waals surface area (Å²) in [6, 6.07) is 11.2. The first kappa shape index (κ1) is 19.5. The van der Waals surface area contributed by atoms with Crippen LogP contribution in [0.1, 0.15) is 33.2 Å². The number of hydrogen-bond acceptors (Lipinski definition) is 5. The number of hydrogen-bond donors (Lipinski definition) is 2. The molecule has 0 spiro atoms. The largest absolute Gasteiger partial charge is 0.462 e. The Bertz CT molecular complexity index is 938. The van der Waals surface area contributed by atoms with Crippen LogP contribution < -0.4 is 10.0 Å². The fourth-order valence-corrected chi connectivity index (χ4v) is 2.98. The highest BCUT2D eigenvalue weighted by Crippen LogP contribution is 2.22. The lowest BCUT2D eigenvalue weighted by Crippen LogP contribution is -2.18. The molecule has 0 atom stereocenters. The molecule has 0 aromatic heterocycles. The van der Waals surface area contributed by atoms with E-state index < -0.39 is 21.9 Å². The number of para-hydroxylation sites is 1. The third-order valence-corrected chi connectivity index (χ3v) is 4.14. The number of nitrogens with one attached hydrogen (secondary N) is 2. The second-order valence-corrected chi connectivity index (χ2v) is 7.32. The highest BCUT2D eigenvalue weighted by Gasteiger charge is 2.17. The van der Waals surface area contributed by atoms with Gasteiger partial charge < -0.3 is 10.1 Å². The predicted molar refractivity (Wildman–Crippen MR) is 100.0 cm³/mol. The Morgan fingerprint density at radius 2 is 1.62 bits per heavy atom. The van der Waals surface area contributed by atoms with Crippen LogP contribution in [0, 0.1) is 6.92 Å². The number of carbonyl (C=O) groups excluding carboxylic acids is 2. The molecule has 2 rings (SSSR count). The average molecular weight is 376 g/mol. The van der Waals surface area contributed by atoms with E-state index in [2.05, 4.69) is 10.0 Å². The van der Waals surface area contributed by atoms with E-state index in [0.717, 1.165) is 6.26 Å². The summed E-state index contributed by atoms with van der Waals surface area (Å²) in [5, 5.41) is 2.68. The number of sulfonamides is 1. The van der Waals surface area contributed by atoms with Crippen LogP contribution in [0.3, 0.4) is 0 Å². The van der Waals surface area contributed by atoms with Gasteiger partial charge in [-0.3, -0.25) is 9.52 Å². The van der Waals surface area contributed by atoms with Crippen LogP contribution in [0.4, 0.5) is 11.4 Å². The Balaban J connectivity index is 2.32. The summed E-state index contributed by atoms with van der Waals surface area (Å²) in [6.45, 7) is 3.56. The molecular weight excluding hydrogens is 356 g/mol. The molecule has 1 amide bonds. The minimum atomic E-state index is -3.47. The van der Waals surface area contributed by atoms with Crippen LogP contribution in [-0.4, -0.2) is 33.2 Å². The van der Waals surface area contributed by atoms with E-state index >= 15 is 0 Å². The van der Waals surface area contributed by atoms with Crippen LogP contribution in [0.5, 0.6) is 0 Å². The SMILES string of the molecule is CCOC(=O)c1ccccc1NC(=O)c1cccc(NS(C)(=O)=O)c1C. The molecule has 0 aliphatic carbocycles. The maximum atomic E-state index is 12.6. The average Bonchev–Trinajstić information content (AvgIpc) is 2.56. The van der Waals surface area contributed by atoms with Crippen molar-refractivity contribution < 1.29 is 22.7 Å². The highest BCUT2D eigenvalue weighted by molar-refractivity contribution is 7.92. The van der Waals surface area contributed by atoms with E-state index in [1.54, 1.807) is 56.3 Å². The van der Waals surface area contributed by atoms with Gasteiger partial charge in [0.15, 0.2) is 0 Å². The molecule has 0 bridgehead atoms. The molecule has 0 unspecified atom stereocenters. The first-order valence-electron chi connectivity index (χ1n) is 7.88. The number of esters is 1. The van der Waals surface area contributed by atoms with Gasteiger partial charge >= 0.3 is 5.97 Å². The lowest BCUT2D eigenvalue weighted by atomic mass is 10.1. The minimum absolute atomic E-state index is 0.222. The number of benzene rings is 2. The number of ether oxygens (including phenoxy) is 1. The monoisotopic (exact) mass is 376 g/mol. The summed E-state index contributed by atoms with van der Waals surface area (Å²) in [5.41, 5.74) is 1.64. The van der Waals surface area contributed by atoms with Crippen molar-refractivity contribution in [1.29, 1.82) is 0 Å². The summed E-state index contributed by atoms with van der Waals surface area (Å²) in [7, 11) is -3.47. The molecule has 138 valence electrons. The number of carbonyl (C=O) groups is 2. The molecule has 0 radical (unpaired) electrons. The summed E-state index contributed by atoms with van der Waals surface area (Å²) < 4.78 is 30.2. The minimum Gasteiger partial charge on any atom is -0.462 e. The highest BCUT2D eigenvalue weighted by atomic mass is 32.2. The van der Waals surface area contributed by atoms with Crippen LogP contribution in [0.2, 0.25) is 0 Å².